The van der Waals surface area contributed by atoms with Gasteiger partial charge in [0.1, 0.15) is 5.66 Å². The van der Waals surface area contributed by atoms with E-state index < -0.39 is 5.66 Å². The Bertz CT molecular complexity index is 772. The fourth-order valence-electron chi connectivity index (χ4n) is 5.21. The number of para-hydroxylation sites is 1. The molecule has 0 radical (unpaired) electrons. The summed E-state index contributed by atoms with van der Waals surface area (Å²) in [6.45, 7) is 3.03. The summed E-state index contributed by atoms with van der Waals surface area (Å²) in [6.07, 6.45) is 6.07. The van der Waals surface area contributed by atoms with Crippen LogP contribution in [-0.2, 0) is 14.3 Å². The van der Waals surface area contributed by atoms with Gasteiger partial charge in [0, 0.05) is 29.0 Å². The molecule has 1 unspecified atom stereocenters. The van der Waals surface area contributed by atoms with Gasteiger partial charge in [0.25, 0.3) is 0 Å². The Kier molecular flexibility index (Phi) is 3.72. The van der Waals surface area contributed by atoms with E-state index in [1.54, 1.807) is 6.08 Å². The van der Waals surface area contributed by atoms with Gasteiger partial charge in [-0.05, 0) is 38.3 Å². The third kappa shape index (κ3) is 1.99. The van der Waals surface area contributed by atoms with Crippen molar-refractivity contribution in [3.05, 3.63) is 35.9 Å². The van der Waals surface area contributed by atoms with Crippen LogP contribution in [0.25, 0.3) is 5.57 Å². The largest absolute Gasteiger partial charge is 0.466 e. The number of carbonyl (C=O) groups excluding carboxylic acids is 2. The molecule has 2 fully saturated rings. The normalized spacial score (nSPS) is 32.2. The van der Waals surface area contributed by atoms with Crippen molar-refractivity contribution in [1.82, 2.24) is 5.32 Å². The number of nitrogens with zero attached hydrogens (tertiary/aromatic N) is 1. The Balaban J connectivity index is 2.03. The first-order chi connectivity index (χ1) is 12.1. The molecule has 1 aromatic carbocycles. The number of benzene rings is 1. The molecule has 0 aromatic heterocycles. The SMILES string of the molecule is CC[C@]12CCCNC13/C(=C/C(=O)OC)c1ccccc1N3C(=O)CC2. The first kappa shape index (κ1) is 16.3. The quantitative estimate of drug-likeness (QED) is 0.664. The highest BCUT2D eigenvalue weighted by molar-refractivity contribution is 6.10. The van der Waals surface area contributed by atoms with Crippen molar-refractivity contribution < 1.29 is 14.3 Å². The smallest absolute Gasteiger partial charge is 0.330 e. The van der Waals surface area contributed by atoms with Crippen molar-refractivity contribution in [2.45, 2.75) is 44.7 Å². The number of carbonyl (C=O) groups is 2. The second kappa shape index (κ2) is 5.70. The van der Waals surface area contributed by atoms with Crippen molar-refractivity contribution in [3.8, 4) is 0 Å². The van der Waals surface area contributed by atoms with E-state index in [0.717, 1.165) is 49.1 Å². The Morgan fingerprint density at radius 2 is 2.16 bits per heavy atom. The highest BCUT2D eigenvalue weighted by Crippen LogP contribution is 2.61. The van der Waals surface area contributed by atoms with Crippen LogP contribution in [0, 0.1) is 5.41 Å². The van der Waals surface area contributed by atoms with Crippen LogP contribution in [-0.4, -0.2) is 31.2 Å². The summed E-state index contributed by atoms with van der Waals surface area (Å²) in [4.78, 5) is 27.1. The summed E-state index contributed by atoms with van der Waals surface area (Å²) in [5.74, 6) is -0.254. The minimum atomic E-state index is -0.646. The van der Waals surface area contributed by atoms with Crippen LogP contribution < -0.4 is 10.2 Å². The molecule has 3 heterocycles. The maximum absolute atomic E-state index is 13.0. The van der Waals surface area contributed by atoms with Crippen molar-refractivity contribution in [3.63, 3.8) is 0 Å². The second-order valence-electron chi connectivity index (χ2n) is 7.20. The maximum atomic E-state index is 13.0. The summed E-state index contributed by atoms with van der Waals surface area (Å²) in [6, 6.07) is 7.89. The molecule has 25 heavy (non-hydrogen) atoms. The number of esters is 1. The van der Waals surface area contributed by atoms with Crippen LogP contribution in [0.1, 0.15) is 44.6 Å². The minimum absolute atomic E-state index is 0.0714. The zero-order chi connectivity index (χ0) is 17.7. The average molecular weight is 340 g/mol. The standard InChI is InChI=1S/C20H24N2O3/c1-3-19-10-6-12-21-20(19)15(13-18(24)25-2)14-7-4-5-8-16(14)22(20)17(23)9-11-19/h4-5,7-8,13,21H,3,6,9-12H2,1-2H3/b15-13+/t19-,20?/m1/s1. The second-order valence-corrected chi connectivity index (χ2v) is 7.20. The average Bonchev–Trinajstić information content (AvgIpc) is 2.93. The number of ether oxygens (including phenoxy) is 1. The summed E-state index contributed by atoms with van der Waals surface area (Å²) < 4.78 is 4.93. The van der Waals surface area contributed by atoms with Gasteiger partial charge < -0.3 is 4.74 Å². The van der Waals surface area contributed by atoms with Gasteiger partial charge in [0.05, 0.1) is 12.8 Å². The number of rotatable bonds is 2. The van der Waals surface area contributed by atoms with E-state index in [1.165, 1.54) is 7.11 Å². The fraction of sp³-hybridized carbons (Fsp3) is 0.500. The Morgan fingerprint density at radius 1 is 1.36 bits per heavy atom. The molecule has 3 aliphatic rings. The van der Waals surface area contributed by atoms with Gasteiger partial charge >= 0.3 is 5.97 Å². The molecule has 5 heteroatoms. The first-order valence-corrected chi connectivity index (χ1v) is 9.07. The molecule has 1 spiro atoms. The van der Waals surface area contributed by atoms with Crippen LogP contribution in [0.15, 0.2) is 30.3 Å². The predicted octanol–water partition coefficient (Wildman–Crippen LogP) is 2.86. The molecule has 2 saturated heterocycles. The van der Waals surface area contributed by atoms with Gasteiger partial charge in [0.2, 0.25) is 5.91 Å². The van der Waals surface area contributed by atoms with Crippen LogP contribution in [0.2, 0.25) is 0 Å². The van der Waals surface area contributed by atoms with Gasteiger partial charge in [-0.1, -0.05) is 25.1 Å². The first-order valence-electron chi connectivity index (χ1n) is 9.07. The lowest BCUT2D eigenvalue weighted by Gasteiger charge is -2.59. The third-order valence-electron chi connectivity index (χ3n) is 6.35. The topological polar surface area (TPSA) is 58.6 Å². The lowest BCUT2D eigenvalue weighted by atomic mass is 9.60. The molecular formula is C20H24N2O3. The molecule has 3 aliphatic heterocycles. The summed E-state index contributed by atoms with van der Waals surface area (Å²) in [5.41, 5.74) is 2.01. The van der Waals surface area contributed by atoms with Gasteiger partial charge in [-0.15, -0.1) is 0 Å². The number of hydrogen-bond acceptors (Lipinski definition) is 4. The van der Waals surface area contributed by atoms with E-state index in [2.05, 4.69) is 12.2 Å². The zero-order valence-corrected chi connectivity index (χ0v) is 14.8. The highest BCUT2D eigenvalue weighted by Gasteiger charge is 2.64. The monoisotopic (exact) mass is 340 g/mol. The Labute approximate surface area is 148 Å². The van der Waals surface area contributed by atoms with E-state index in [9.17, 15) is 9.59 Å². The molecule has 2 atom stereocenters. The zero-order valence-electron chi connectivity index (χ0n) is 14.8. The minimum Gasteiger partial charge on any atom is -0.466 e. The molecular weight excluding hydrogens is 316 g/mol. The molecule has 4 rings (SSSR count). The number of methoxy groups -OCH3 is 1. The number of nitrogens with one attached hydrogen (secondary N) is 1. The van der Waals surface area contributed by atoms with Crippen molar-refractivity contribution in [2.75, 3.05) is 18.6 Å². The van der Waals surface area contributed by atoms with Crippen LogP contribution >= 0.6 is 0 Å². The molecule has 0 aliphatic carbocycles. The molecule has 1 N–H and O–H groups in total. The number of anilines is 1. The van der Waals surface area contributed by atoms with Gasteiger partial charge in [-0.2, -0.15) is 0 Å². The van der Waals surface area contributed by atoms with Crippen LogP contribution in [0.4, 0.5) is 5.69 Å². The van der Waals surface area contributed by atoms with E-state index in [4.69, 9.17) is 4.74 Å². The van der Waals surface area contributed by atoms with Gasteiger partial charge in [0.15, 0.2) is 0 Å². The fourth-order valence-corrected chi connectivity index (χ4v) is 5.21. The Hall–Kier alpha value is -2.14. The molecule has 1 aromatic rings. The predicted molar refractivity (Wildman–Crippen MR) is 95.8 cm³/mol. The number of hydrogen-bond donors (Lipinski definition) is 1. The summed E-state index contributed by atoms with van der Waals surface area (Å²) in [5, 5.41) is 3.67. The number of amides is 1. The van der Waals surface area contributed by atoms with E-state index >= 15 is 0 Å². The van der Waals surface area contributed by atoms with Gasteiger partial charge in [-0.25, -0.2) is 4.79 Å². The molecule has 0 saturated carbocycles. The Morgan fingerprint density at radius 3 is 2.92 bits per heavy atom. The van der Waals surface area contributed by atoms with E-state index in [1.807, 2.05) is 29.2 Å². The van der Waals surface area contributed by atoms with E-state index in [-0.39, 0.29) is 17.3 Å². The molecule has 132 valence electrons. The molecule has 0 bridgehead atoms. The third-order valence-corrected chi connectivity index (χ3v) is 6.35. The van der Waals surface area contributed by atoms with Gasteiger partial charge in [-0.3, -0.25) is 15.0 Å². The lowest BCUT2D eigenvalue weighted by molar-refractivity contribution is -0.135. The van der Waals surface area contributed by atoms with Crippen molar-refractivity contribution >= 4 is 23.1 Å². The maximum Gasteiger partial charge on any atom is 0.330 e. The van der Waals surface area contributed by atoms with Crippen molar-refractivity contribution in [1.29, 1.82) is 0 Å². The van der Waals surface area contributed by atoms with Crippen molar-refractivity contribution in [2.24, 2.45) is 5.41 Å². The summed E-state index contributed by atoms with van der Waals surface area (Å²) >= 11 is 0. The van der Waals surface area contributed by atoms with E-state index in [0.29, 0.717) is 6.42 Å². The van der Waals surface area contributed by atoms with Crippen LogP contribution in [0.3, 0.4) is 0 Å². The molecule has 1 amide bonds. The number of piperidine rings is 2. The summed E-state index contributed by atoms with van der Waals surface area (Å²) in [7, 11) is 1.39. The number of fused-ring (bicyclic) bond motifs is 2. The lowest BCUT2D eigenvalue weighted by Crippen LogP contribution is -2.73. The molecule has 5 nitrogen and oxygen atoms in total. The highest BCUT2D eigenvalue weighted by atomic mass is 16.5. The van der Waals surface area contributed by atoms with Crippen LogP contribution in [0.5, 0.6) is 0 Å².